The van der Waals surface area contributed by atoms with E-state index in [1.54, 1.807) is 5.57 Å². The van der Waals surface area contributed by atoms with Gasteiger partial charge in [-0.1, -0.05) is 11.6 Å². The molecular weight excluding hydrogens is 314 g/mol. The number of aliphatic carboxylic acids is 2. The SMILES string of the molecule is C1=C2OCCOC2CC(C2CN3CCC2CC3)=C1.O=C(O)C(=O)O. The topological polar surface area (TPSA) is 96.3 Å². The summed E-state index contributed by atoms with van der Waals surface area (Å²) in [6.07, 6.45) is 8.50. The van der Waals surface area contributed by atoms with Gasteiger partial charge >= 0.3 is 11.9 Å². The molecular formula is C17H23NO6. The number of carboxylic acids is 2. The lowest BCUT2D eigenvalue weighted by molar-refractivity contribution is -0.159. The van der Waals surface area contributed by atoms with Crippen molar-refractivity contribution in [1.82, 2.24) is 4.90 Å². The standard InChI is InChI=1S/C15H21NO2.C2H2O4/c1-2-14-15(18-8-7-17-14)9-12(1)13-10-16-5-3-11(13)4-6-16;3-1(4)2(5)6/h1-2,11,13,15H,3-10H2;(H,3,4)(H,5,6). The lowest BCUT2D eigenvalue weighted by Crippen LogP contribution is -2.48. The average molecular weight is 337 g/mol. The number of fused-ring (bicyclic) bond motifs is 4. The first-order valence-electron chi connectivity index (χ1n) is 8.38. The maximum Gasteiger partial charge on any atom is 0.414 e. The second kappa shape index (κ2) is 7.36. The zero-order valence-corrected chi connectivity index (χ0v) is 13.5. The molecule has 2 unspecified atom stereocenters. The summed E-state index contributed by atoms with van der Waals surface area (Å²) < 4.78 is 11.5. The lowest BCUT2D eigenvalue weighted by Gasteiger charge is -2.46. The van der Waals surface area contributed by atoms with Crippen LogP contribution in [0.4, 0.5) is 0 Å². The first-order chi connectivity index (χ1) is 11.5. The third-order valence-electron chi connectivity index (χ3n) is 5.19. The Bertz CT molecular complexity index is 549. The van der Waals surface area contributed by atoms with Crippen LogP contribution in [0.1, 0.15) is 19.3 Å². The largest absolute Gasteiger partial charge is 0.493 e. The van der Waals surface area contributed by atoms with Crippen LogP contribution in [0.2, 0.25) is 0 Å². The molecule has 1 aliphatic carbocycles. The van der Waals surface area contributed by atoms with E-state index in [0.29, 0.717) is 6.61 Å². The molecule has 0 aromatic carbocycles. The third kappa shape index (κ3) is 3.79. The fourth-order valence-electron chi connectivity index (χ4n) is 3.97. The van der Waals surface area contributed by atoms with Gasteiger partial charge in [0.2, 0.25) is 0 Å². The molecule has 4 aliphatic heterocycles. The molecule has 2 bridgehead atoms. The molecule has 0 aromatic heterocycles. The molecule has 4 heterocycles. The lowest BCUT2D eigenvalue weighted by atomic mass is 9.73. The number of piperidine rings is 3. The van der Waals surface area contributed by atoms with Gasteiger partial charge in [-0.05, 0) is 43.8 Å². The molecule has 0 saturated carbocycles. The number of hydrogen-bond acceptors (Lipinski definition) is 5. The van der Waals surface area contributed by atoms with Gasteiger partial charge in [0.1, 0.15) is 18.5 Å². The molecule has 4 fully saturated rings. The van der Waals surface area contributed by atoms with E-state index in [-0.39, 0.29) is 6.10 Å². The molecule has 2 atom stereocenters. The van der Waals surface area contributed by atoms with E-state index in [1.165, 1.54) is 32.5 Å². The van der Waals surface area contributed by atoms with Crippen LogP contribution in [-0.2, 0) is 19.1 Å². The minimum atomic E-state index is -1.82. The van der Waals surface area contributed by atoms with Gasteiger partial charge in [-0.15, -0.1) is 0 Å². The van der Waals surface area contributed by atoms with Gasteiger partial charge in [-0.3, -0.25) is 0 Å². The molecule has 24 heavy (non-hydrogen) atoms. The van der Waals surface area contributed by atoms with Crippen molar-refractivity contribution in [1.29, 1.82) is 0 Å². The molecule has 4 saturated heterocycles. The Morgan fingerprint density at radius 3 is 2.38 bits per heavy atom. The van der Waals surface area contributed by atoms with Crippen molar-refractivity contribution in [2.24, 2.45) is 11.8 Å². The predicted octanol–water partition coefficient (Wildman–Crippen LogP) is 1.11. The van der Waals surface area contributed by atoms with Crippen LogP contribution in [0.3, 0.4) is 0 Å². The van der Waals surface area contributed by atoms with Gasteiger partial charge in [0.05, 0.1) is 6.61 Å². The van der Waals surface area contributed by atoms with Gasteiger partial charge < -0.3 is 24.6 Å². The zero-order chi connectivity index (χ0) is 17.1. The molecule has 0 amide bonds. The van der Waals surface area contributed by atoms with E-state index in [4.69, 9.17) is 29.3 Å². The summed E-state index contributed by atoms with van der Waals surface area (Å²) in [5.41, 5.74) is 1.60. The molecule has 0 aromatic rings. The summed E-state index contributed by atoms with van der Waals surface area (Å²) in [6.45, 7) is 5.37. The second-order valence-electron chi connectivity index (χ2n) is 6.58. The molecule has 7 heteroatoms. The van der Waals surface area contributed by atoms with Gasteiger partial charge in [0, 0.05) is 13.0 Å². The number of ether oxygens (including phenoxy) is 2. The van der Waals surface area contributed by atoms with Crippen LogP contribution in [0.15, 0.2) is 23.5 Å². The van der Waals surface area contributed by atoms with Crippen molar-refractivity contribution in [3.8, 4) is 0 Å². The van der Waals surface area contributed by atoms with Crippen molar-refractivity contribution in [3.05, 3.63) is 23.5 Å². The van der Waals surface area contributed by atoms with Crippen LogP contribution in [0.25, 0.3) is 0 Å². The summed E-state index contributed by atoms with van der Waals surface area (Å²) >= 11 is 0. The smallest absolute Gasteiger partial charge is 0.414 e. The normalized spacial score (nSPS) is 33.8. The van der Waals surface area contributed by atoms with E-state index >= 15 is 0 Å². The highest BCUT2D eigenvalue weighted by molar-refractivity contribution is 6.27. The van der Waals surface area contributed by atoms with E-state index in [0.717, 1.165) is 30.6 Å². The van der Waals surface area contributed by atoms with Gasteiger partial charge in [0.25, 0.3) is 0 Å². The maximum atomic E-state index is 9.10. The highest BCUT2D eigenvalue weighted by Crippen LogP contribution is 2.40. The molecule has 132 valence electrons. The quantitative estimate of drug-likeness (QED) is 0.692. The molecule has 5 aliphatic rings. The molecule has 2 N–H and O–H groups in total. The van der Waals surface area contributed by atoms with Crippen LogP contribution in [0.5, 0.6) is 0 Å². The Morgan fingerprint density at radius 2 is 1.79 bits per heavy atom. The second-order valence-corrected chi connectivity index (χ2v) is 6.58. The zero-order valence-electron chi connectivity index (χ0n) is 13.5. The molecule has 0 spiro atoms. The molecule has 5 rings (SSSR count). The monoisotopic (exact) mass is 337 g/mol. The number of rotatable bonds is 1. The number of nitrogens with zero attached hydrogens (tertiary/aromatic N) is 1. The Morgan fingerprint density at radius 1 is 1.08 bits per heavy atom. The van der Waals surface area contributed by atoms with E-state index < -0.39 is 11.9 Å². The van der Waals surface area contributed by atoms with Gasteiger partial charge in [0.15, 0.2) is 0 Å². The molecule has 0 radical (unpaired) electrons. The summed E-state index contributed by atoms with van der Waals surface area (Å²) in [4.78, 5) is 20.8. The summed E-state index contributed by atoms with van der Waals surface area (Å²) in [6, 6.07) is 0. The number of allylic oxidation sites excluding steroid dienone is 2. The Balaban J connectivity index is 0.000000246. The van der Waals surface area contributed by atoms with E-state index in [2.05, 4.69) is 17.1 Å². The molecule has 7 nitrogen and oxygen atoms in total. The predicted molar refractivity (Wildman–Crippen MR) is 84.4 cm³/mol. The van der Waals surface area contributed by atoms with Gasteiger partial charge in [-0.2, -0.15) is 0 Å². The van der Waals surface area contributed by atoms with Crippen molar-refractivity contribution < 1.29 is 29.3 Å². The Labute approximate surface area is 140 Å². The van der Waals surface area contributed by atoms with Crippen molar-refractivity contribution in [2.75, 3.05) is 32.8 Å². The number of carbonyl (C=O) groups is 2. The third-order valence-corrected chi connectivity index (χ3v) is 5.19. The first-order valence-corrected chi connectivity index (χ1v) is 8.38. The van der Waals surface area contributed by atoms with Crippen LogP contribution in [0, 0.1) is 11.8 Å². The van der Waals surface area contributed by atoms with Crippen molar-refractivity contribution >= 4 is 11.9 Å². The number of carboxylic acid groups (broad SMARTS) is 2. The van der Waals surface area contributed by atoms with Crippen LogP contribution >= 0.6 is 0 Å². The first kappa shape index (κ1) is 17.0. The minimum absolute atomic E-state index is 0.203. The average Bonchev–Trinajstić information content (AvgIpc) is 2.62. The highest BCUT2D eigenvalue weighted by Gasteiger charge is 2.38. The fraction of sp³-hybridized carbons (Fsp3) is 0.647. The van der Waals surface area contributed by atoms with E-state index in [9.17, 15) is 0 Å². The van der Waals surface area contributed by atoms with Crippen molar-refractivity contribution in [2.45, 2.75) is 25.4 Å². The van der Waals surface area contributed by atoms with Gasteiger partial charge in [-0.25, -0.2) is 9.59 Å². The fourth-order valence-corrected chi connectivity index (χ4v) is 3.97. The maximum absolute atomic E-state index is 9.10. The minimum Gasteiger partial charge on any atom is -0.493 e. The summed E-state index contributed by atoms with van der Waals surface area (Å²) in [5, 5.41) is 14.8. The van der Waals surface area contributed by atoms with E-state index in [1.807, 2.05) is 0 Å². The Kier molecular flexibility index (Phi) is 5.20. The van der Waals surface area contributed by atoms with Crippen LogP contribution in [-0.4, -0.2) is 66.0 Å². The Hall–Kier alpha value is -1.86. The van der Waals surface area contributed by atoms with Crippen LogP contribution < -0.4 is 0 Å². The summed E-state index contributed by atoms with van der Waals surface area (Å²) in [5.74, 6) is -0.909. The highest BCUT2D eigenvalue weighted by atomic mass is 16.6. The number of hydrogen-bond donors (Lipinski definition) is 2. The summed E-state index contributed by atoms with van der Waals surface area (Å²) in [7, 11) is 0. The van der Waals surface area contributed by atoms with Crippen molar-refractivity contribution in [3.63, 3.8) is 0 Å².